The lowest BCUT2D eigenvalue weighted by atomic mass is 9.96. The highest BCUT2D eigenvalue weighted by molar-refractivity contribution is 9.10. The molecule has 4 nitrogen and oxygen atoms in total. The number of aromatic carboxylic acids is 1. The quantitative estimate of drug-likeness (QED) is 0.458. The maximum absolute atomic E-state index is 13.1. The molecule has 1 aliphatic carbocycles. The van der Waals surface area contributed by atoms with Gasteiger partial charge in [0, 0.05) is 16.2 Å². The van der Waals surface area contributed by atoms with E-state index in [4.69, 9.17) is 4.74 Å². The summed E-state index contributed by atoms with van der Waals surface area (Å²) in [6.07, 6.45) is 4.38. The van der Waals surface area contributed by atoms with Crippen LogP contribution in [0.2, 0.25) is 0 Å². The molecule has 3 aromatic rings. The Morgan fingerprint density at radius 2 is 1.87 bits per heavy atom. The van der Waals surface area contributed by atoms with Crippen molar-refractivity contribution in [3.8, 4) is 5.88 Å². The molecule has 152 valence electrons. The van der Waals surface area contributed by atoms with Crippen LogP contribution in [0.25, 0.3) is 11.1 Å². The molecule has 0 saturated heterocycles. The van der Waals surface area contributed by atoms with Crippen LogP contribution < -0.4 is 4.74 Å². The Morgan fingerprint density at radius 3 is 2.63 bits per heavy atom. The number of hydrogen-bond acceptors (Lipinski definition) is 3. The van der Waals surface area contributed by atoms with E-state index in [0.29, 0.717) is 5.88 Å². The predicted octanol–water partition coefficient (Wildman–Crippen LogP) is 6.36. The summed E-state index contributed by atoms with van der Waals surface area (Å²) in [7, 11) is 0. The van der Waals surface area contributed by atoms with Crippen molar-refractivity contribution < 1.29 is 19.0 Å². The molecule has 0 unspecified atom stereocenters. The second kappa shape index (κ2) is 8.79. The normalized spacial score (nSPS) is 13.5. The maximum Gasteiger partial charge on any atom is 0.335 e. The number of carboxylic acids is 1. The van der Waals surface area contributed by atoms with Crippen molar-refractivity contribution in [2.24, 2.45) is 0 Å². The van der Waals surface area contributed by atoms with Gasteiger partial charge in [0.1, 0.15) is 12.4 Å². The van der Waals surface area contributed by atoms with E-state index in [0.717, 1.165) is 51.6 Å². The zero-order valence-electron chi connectivity index (χ0n) is 16.1. The van der Waals surface area contributed by atoms with Crippen LogP contribution >= 0.6 is 15.9 Å². The highest BCUT2D eigenvalue weighted by atomic mass is 79.9. The summed E-state index contributed by atoms with van der Waals surface area (Å²) < 4.78 is 20.0. The summed E-state index contributed by atoms with van der Waals surface area (Å²) in [5.74, 6) is -0.721. The van der Waals surface area contributed by atoms with Crippen molar-refractivity contribution in [1.29, 1.82) is 0 Å². The first-order chi connectivity index (χ1) is 14.5. The van der Waals surface area contributed by atoms with Gasteiger partial charge in [-0.1, -0.05) is 24.3 Å². The minimum absolute atomic E-state index is 0.270. The monoisotopic (exact) mass is 467 g/mol. The first-order valence-corrected chi connectivity index (χ1v) is 10.4. The number of carbonyl (C=O) groups is 1. The lowest BCUT2D eigenvalue weighted by Crippen LogP contribution is -2.01. The fourth-order valence-electron chi connectivity index (χ4n) is 3.69. The number of pyridine rings is 1. The van der Waals surface area contributed by atoms with E-state index in [1.165, 1.54) is 12.1 Å². The number of nitrogens with zero attached hydrogens (tertiary/aromatic N) is 1. The van der Waals surface area contributed by atoms with Gasteiger partial charge in [-0.3, -0.25) is 0 Å². The minimum Gasteiger partial charge on any atom is -0.478 e. The molecule has 1 heterocycles. The summed E-state index contributed by atoms with van der Waals surface area (Å²) in [6, 6.07) is 15.2. The van der Waals surface area contributed by atoms with Crippen LogP contribution in [0.5, 0.6) is 5.88 Å². The maximum atomic E-state index is 13.1. The van der Waals surface area contributed by atoms with Crippen molar-refractivity contribution in [2.45, 2.75) is 25.9 Å². The topological polar surface area (TPSA) is 59.4 Å². The molecule has 0 saturated carbocycles. The molecular weight excluding hydrogens is 449 g/mol. The molecule has 1 aliphatic rings. The molecule has 1 N–H and O–H groups in total. The smallest absolute Gasteiger partial charge is 0.335 e. The molecule has 0 aliphatic heterocycles. The van der Waals surface area contributed by atoms with Gasteiger partial charge in [-0.15, -0.1) is 0 Å². The first-order valence-electron chi connectivity index (χ1n) is 9.60. The average molecular weight is 468 g/mol. The van der Waals surface area contributed by atoms with Gasteiger partial charge in [0.2, 0.25) is 5.88 Å². The summed E-state index contributed by atoms with van der Waals surface area (Å²) in [4.78, 5) is 15.8. The SMILES string of the molecule is O=C(O)c1cccc(C2=C(c3cc(Br)cnc3OCc3ccc(F)cc3)CCC2)c1. The van der Waals surface area contributed by atoms with Gasteiger partial charge in [-0.25, -0.2) is 14.2 Å². The van der Waals surface area contributed by atoms with Crippen LogP contribution in [0.15, 0.2) is 65.3 Å². The van der Waals surface area contributed by atoms with Crippen LogP contribution in [-0.2, 0) is 6.61 Å². The van der Waals surface area contributed by atoms with Crippen LogP contribution in [-0.4, -0.2) is 16.1 Å². The number of aromatic nitrogens is 1. The highest BCUT2D eigenvalue weighted by Crippen LogP contribution is 2.43. The third kappa shape index (κ3) is 4.44. The van der Waals surface area contributed by atoms with E-state index in [2.05, 4.69) is 20.9 Å². The van der Waals surface area contributed by atoms with E-state index in [1.54, 1.807) is 36.5 Å². The zero-order valence-corrected chi connectivity index (χ0v) is 17.7. The molecule has 0 fully saturated rings. The van der Waals surface area contributed by atoms with E-state index in [-0.39, 0.29) is 18.0 Å². The number of allylic oxidation sites excluding steroid dienone is 2. The second-order valence-corrected chi connectivity index (χ2v) is 8.03. The Kier molecular flexibility index (Phi) is 5.95. The number of carboxylic acid groups (broad SMARTS) is 1. The lowest BCUT2D eigenvalue weighted by molar-refractivity contribution is 0.0697. The number of halogens is 2. The number of rotatable bonds is 6. The molecular formula is C24H19BrFNO3. The Bertz CT molecular complexity index is 1130. The van der Waals surface area contributed by atoms with Gasteiger partial charge in [-0.2, -0.15) is 0 Å². The van der Waals surface area contributed by atoms with Crippen LogP contribution in [0.1, 0.15) is 46.3 Å². The van der Waals surface area contributed by atoms with Gasteiger partial charge in [0.15, 0.2) is 0 Å². The van der Waals surface area contributed by atoms with Crippen molar-refractivity contribution in [3.63, 3.8) is 0 Å². The van der Waals surface area contributed by atoms with E-state index >= 15 is 0 Å². The van der Waals surface area contributed by atoms with Crippen molar-refractivity contribution in [1.82, 2.24) is 4.98 Å². The average Bonchev–Trinajstić information content (AvgIpc) is 3.24. The Labute approximate surface area is 182 Å². The molecule has 2 aromatic carbocycles. The molecule has 6 heteroatoms. The van der Waals surface area contributed by atoms with Crippen LogP contribution in [0.3, 0.4) is 0 Å². The van der Waals surface area contributed by atoms with Crippen molar-refractivity contribution in [2.75, 3.05) is 0 Å². The lowest BCUT2D eigenvalue weighted by Gasteiger charge is -2.14. The minimum atomic E-state index is -0.940. The molecule has 1 aromatic heterocycles. The molecule has 30 heavy (non-hydrogen) atoms. The predicted molar refractivity (Wildman–Crippen MR) is 117 cm³/mol. The number of ether oxygens (including phenoxy) is 1. The summed E-state index contributed by atoms with van der Waals surface area (Å²) in [5.41, 5.74) is 5.14. The summed E-state index contributed by atoms with van der Waals surface area (Å²) in [5, 5.41) is 9.34. The van der Waals surface area contributed by atoms with Crippen molar-refractivity contribution in [3.05, 3.63) is 93.3 Å². The fraction of sp³-hybridized carbons (Fsp3) is 0.167. The van der Waals surface area contributed by atoms with Gasteiger partial charge < -0.3 is 9.84 Å². The van der Waals surface area contributed by atoms with Gasteiger partial charge in [-0.05, 0) is 87.8 Å². The third-order valence-electron chi connectivity index (χ3n) is 5.11. The molecule has 0 radical (unpaired) electrons. The van der Waals surface area contributed by atoms with Gasteiger partial charge in [0.05, 0.1) is 5.56 Å². The number of benzene rings is 2. The summed E-state index contributed by atoms with van der Waals surface area (Å²) >= 11 is 3.49. The van der Waals surface area contributed by atoms with Crippen LogP contribution in [0, 0.1) is 5.82 Å². The molecule has 0 amide bonds. The summed E-state index contributed by atoms with van der Waals surface area (Å²) in [6.45, 7) is 0.277. The molecule has 0 atom stereocenters. The van der Waals surface area contributed by atoms with E-state index in [1.807, 2.05) is 12.1 Å². The highest BCUT2D eigenvalue weighted by Gasteiger charge is 2.22. The standard InChI is InChI=1S/C24H19BrFNO3/c25-18-12-22(23(27-13-18)30-14-15-7-9-19(26)10-8-15)21-6-2-5-20(21)16-3-1-4-17(11-16)24(28)29/h1,3-4,7-13H,2,5-6,14H2,(H,28,29). The van der Waals surface area contributed by atoms with Crippen molar-refractivity contribution >= 4 is 33.0 Å². The first kappa shape index (κ1) is 20.3. The molecule has 0 bridgehead atoms. The molecule has 0 spiro atoms. The van der Waals surface area contributed by atoms with Gasteiger partial charge >= 0.3 is 5.97 Å². The number of hydrogen-bond donors (Lipinski definition) is 1. The Balaban J connectivity index is 1.70. The Morgan fingerprint density at radius 1 is 1.10 bits per heavy atom. The Hall–Kier alpha value is -2.99. The van der Waals surface area contributed by atoms with Crippen LogP contribution in [0.4, 0.5) is 4.39 Å². The van der Waals surface area contributed by atoms with E-state index in [9.17, 15) is 14.3 Å². The van der Waals surface area contributed by atoms with E-state index < -0.39 is 5.97 Å². The molecule has 4 rings (SSSR count). The third-order valence-corrected chi connectivity index (χ3v) is 5.54. The largest absolute Gasteiger partial charge is 0.478 e. The fourth-order valence-corrected chi connectivity index (χ4v) is 4.02. The second-order valence-electron chi connectivity index (χ2n) is 7.12. The van der Waals surface area contributed by atoms with Gasteiger partial charge in [0.25, 0.3) is 0 Å². The zero-order chi connectivity index (χ0) is 21.1.